The van der Waals surface area contributed by atoms with Crippen LogP contribution in [0.4, 0.5) is 0 Å². The Labute approximate surface area is 85.5 Å². The molecule has 0 saturated heterocycles. The summed E-state index contributed by atoms with van der Waals surface area (Å²) in [7, 11) is 0. The van der Waals surface area contributed by atoms with E-state index < -0.39 is 0 Å². The minimum Gasteiger partial charge on any atom is -0.347 e. The van der Waals surface area contributed by atoms with Crippen molar-refractivity contribution in [3.8, 4) is 0 Å². The summed E-state index contributed by atoms with van der Waals surface area (Å²) in [6, 6.07) is 0. The fraction of sp³-hybridized carbons (Fsp3) is 0.700. The van der Waals surface area contributed by atoms with E-state index in [4.69, 9.17) is 0 Å². The number of aromatic nitrogens is 2. The van der Waals surface area contributed by atoms with Gasteiger partial charge in [-0.3, -0.25) is 0 Å². The lowest BCUT2D eigenvalue weighted by Crippen LogP contribution is -2.22. The van der Waals surface area contributed by atoms with Crippen molar-refractivity contribution >= 4 is 0 Å². The Morgan fingerprint density at radius 3 is 2.86 bits per heavy atom. The third kappa shape index (κ3) is 4.99. The zero-order valence-electron chi connectivity index (χ0n) is 8.84. The number of hydrogen-bond acceptors (Lipinski definition) is 3. The van der Waals surface area contributed by atoms with Gasteiger partial charge in [0.05, 0.1) is 6.33 Å². The predicted octanol–water partition coefficient (Wildman–Crippen LogP) is 0.889. The molecule has 4 heteroatoms. The first-order valence-corrected chi connectivity index (χ1v) is 5.32. The van der Waals surface area contributed by atoms with E-state index in [1.807, 2.05) is 6.20 Å². The van der Waals surface area contributed by atoms with Gasteiger partial charge in [-0.25, -0.2) is 4.98 Å². The molecule has 0 spiro atoms. The highest BCUT2D eigenvalue weighted by molar-refractivity contribution is 4.92. The van der Waals surface area contributed by atoms with Gasteiger partial charge in [0.2, 0.25) is 0 Å². The summed E-state index contributed by atoms with van der Waals surface area (Å²) in [5.74, 6) is 0. The Hall–Kier alpha value is -0.870. The fourth-order valence-corrected chi connectivity index (χ4v) is 1.24. The molecule has 4 nitrogen and oxygen atoms in total. The van der Waals surface area contributed by atoms with Crippen molar-refractivity contribution in [1.29, 1.82) is 0 Å². The van der Waals surface area contributed by atoms with Gasteiger partial charge in [0.15, 0.2) is 0 Å². The number of imidazole rings is 1. The van der Waals surface area contributed by atoms with Crippen LogP contribution in [0.5, 0.6) is 0 Å². The molecule has 0 radical (unpaired) electrons. The number of rotatable bonds is 8. The molecule has 0 fully saturated rings. The Bertz CT molecular complexity index is 208. The number of H-pyrrole nitrogens is 1. The van der Waals surface area contributed by atoms with Gasteiger partial charge in [0, 0.05) is 18.4 Å². The predicted molar refractivity (Wildman–Crippen MR) is 58.1 cm³/mol. The third-order valence-corrected chi connectivity index (χ3v) is 2.00. The molecule has 0 aliphatic heterocycles. The van der Waals surface area contributed by atoms with Crippen LogP contribution in [-0.2, 0) is 6.54 Å². The number of hydrogen-bond donors (Lipinski definition) is 3. The highest BCUT2D eigenvalue weighted by atomic mass is 14.9. The van der Waals surface area contributed by atoms with Crippen molar-refractivity contribution < 1.29 is 0 Å². The molecule has 0 atom stereocenters. The van der Waals surface area contributed by atoms with Crippen LogP contribution >= 0.6 is 0 Å². The molecule has 1 rings (SSSR count). The minimum atomic E-state index is 0.883. The van der Waals surface area contributed by atoms with E-state index in [9.17, 15) is 0 Å². The lowest BCUT2D eigenvalue weighted by molar-refractivity contribution is 0.589. The van der Waals surface area contributed by atoms with Crippen LogP contribution in [-0.4, -0.2) is 29.6 Å². The zero-order valence-corrected chi connectivity index (χ0v) is 8.84. The Kier molecular flexibility index (Phi) is 6.02. The first-order chi connectivity index (χ1) is 6.93. The second-order valence-electron chi connectivity index (χ2n) is 3.36. The molecule has 0 aromatic carbocycles. The van der Waals surface area contributed by atoms with Gasteiger partial charge < -0.3 is 15.6 Å². The number of nitrogens with one attached hydrogen (secondary N) is 3. The van der Waals surface area contributed by atoms with Crippen molar-refractivity contribution in [2.45, 2.75) is 26.3 Å². The van der Waals surface area contributed by atoms with Gasteiger partial charge in [-0.15, -0.1) is 0 Å². The summed E-state index contributed by atoms with van der Waals surface area (Å²) in [6.07, 6.45) is 5.94. The van der Waals surface area contributed by atoms with Gasteiger partial charge in [-0.05, 0) is 32.5 Å². The molecule has 0 bridgehead atoms. The summed E-state index contributed by atoms with van der Waals surface area (Å²) >= 11 is 0. The van der Waals surface area contributed by atoms with Crippen LogP contribution in [0.1, 0.15) is 25.5 Å². The molecule has 0 amide bonds. The van der Waals surface area contributed by atoms with E-state index in [1.54, 1.807) is 6.33 Å². The molecule has 3 N–H and O–H groups in total. The van der Waals surface area contributed by atoms with E-state index in [-0.39, 0.29) is 0 Å². The van der Waals surface area contributed by atoms with Crippen LogP contribution in [0.25, 0.3) is 0 Å². The minimum absolute atomic E-state index is 0.883. The van der Waals surface area contributed by atoms with E-state index >= 15 is 0 Å². The highest BCUT2D eigenvalue weighted by Crippen LogP contribution is 1.88. The standard InChI is InChI=1S/C10H20N4/c1-2-4-11-5-3-6-12-7-10-8-13-9-14-10/h8-9,11-12H,2-7H2,1H3,(H,13,14). The van der Waals surface area contributed by atoms with E-state index in [0.29, 0.717) is 0 Å². The van der Waals surface area contributed by atoms with Crippen LogP contribution in [0.15, 0.2) is 12.5 Å². The Morgan fingerprint density at radius 2 is 2.14 bits per heavy atom. The lowest BCUT2D eigenvalue weighted by atomic mass is 10.4. The summed E-state index contributed by atoms with van der Waals surface area (Å²) < 4.78 is 0. The van der Waals surface area contributed by atoms with Gasteiger partial charge in [-0.2, -0.15) is 0 Å². The molecule has 1 aromatic rings. The van der Waals surface area contributed by atoms with Gasteiger partial charge in [-0.1, -0.05) is 6.92 Å². The maximum atomic E-state index is 3.95. The molecular weight excluding hydrogens is 176 g/mol. The Balaban J connectivity index is 1.85. The quantitative estimate of drug-likeness (QED) is 0.541. The molecule has 14 heavy (non-hydrogen) atoms. The summed E-state index contributed by atoms with van der Waals surface area (Å²) in [4.78, 5) is 7.01. The van der Waals surface area contributed by atoms with Crippen LogP contribution in [0, 0.1) is 0 Å². The van der Waals surface area contributed by atoms with Crippen LogP contribution < -0.4 is 10.6 Å². The molecule has 0 aliphatic rings. The maximum absolute atomic E-state index is 3.95. The van der Waals surface area contributed by atoms with Crippen molar-refractivity contribution in [1.82, 2.24) is 20.6 Å². The molecule has 0 aliphatic carbocycles. The summed E-state index contributed by atoms with van der Waals surface area (Å²) in [5.41, 5.74) is 1.14. The molecule has 1 aromatic heterocycles. The van der Waals surface area contributed by atoms with Crippen LogP contribution in [0.3, 0.4) is 0 Å². The number of aromatic amines is 1. The third-order valence-electron chi connectivity index (χ3n) is 2.00. The fourth-order valence-electron chi connectivity index (χ4n) is 1.24. The first-order valence-electron chi connectivity index (χ1n) is 5.32. The highest BCUT2D eigenvalue weighted by Gasteiger charge is 1.92. The van der Waals surface area contributed by atoms with Crippen molar-refractivity contribution in [3.05, 3.63) is 18.2 Å². The Morgan fingerprint density at radius 1 is 1.29 bits per heavy atom. The van der Waals surface area contributed by atoms with Crippen molar-refractivity contribution in [2.24, 2.45) is 0 Å². The monoisotopic (exact) mass is 196 g/mol. The van der Waals surface area contributed by atoms with Crippen molar-refractivity contribution in [3.63, 3.8) is 0 Å². The summed E-state index contributed by atoms with van der Waals surface area (Å²) in [5, 5.41) is 6.72. The smallest absolute Gasteiger partial charge is 0.0922 e. The number of nitrogens with zero attached hydrogens (tertiary/aromatic N) is 1. The van der Waals surface area contributed by atoms with Gasteiger partial charge in [0.25, 0.3) is 0 Å². The topological polar surface area (TPSA) is 52.7 Å². The van der Waals surface area contributed by atoms with Gasteiger partial charge >= 0.3 is 0 Å². The maximum Gasteiger partial charge on any atom is 0.0922 e. The SMILES string of the molecule is CCCNCCCNCc1cnc[nH]1. The van der Waals surface area contributed by atoms with Crippen LogP contribution in [0.2, 0.25) is 0 Å². The summed E-state index contributed by atoms with van der Waals surface area (Å²) in [6.45, 7) is 6.34. The molecule has 0 saturated carbocycles. The largest absolute Gasteiger partial charge is 0.347 e. The van der Waals surface area contributed by atoms with E-state index in [2.05, 4.69) is 27.5 Å². The van der Waals surface area contributed by atoms with E-state index in [0.717, 1.165) is 31.9 Å². The second kappa shape index (κ2) is 7.53. The normalized spacial score (nSPS) is 10.6. The average Bonchev–Trinajstić information content (AvgIpc) is 2.69. The average molecular weight is 196 g/mol. The molecule has 80 valence electrons. The second-order valence-corrected chi connectivity index (χ2v) is 3.36. The lowest BCUT2D eigenvalue weighted by Gasteiger charge is -2.04. The molecule has 1 heterocycles. The molecular formula is C10H20N4. The zero-order chi connectivity index (χ0) is 10.1. The van der Waals surface area contributed by atoms with E-state index in [1.165, 1.54) is 12.8 Å². The molecule has 0 unspecified atom stereocenters. The first kappa shape index (κ1) is 11.2. The van der Waals surface area contributed by atoms with Gasteiger partial charge in [0.1, 0.15) is 0 Å². The van der Waals surface area contributed by atoms with Crippen molar-refractivity contribution in [2.75, 3.05) is 19.6 Å².